The fraction of sp³-hybridized carbons (Fsp3) is 0.333. The third-order valence-corrected chi connectivity index (χ3v) is 6.55. The number of halogens is 1. The summed E-state index contributed by atoms with van der Waals surface area (Å²) in [5.74, 6) is 2.30. The molecule has 0 radical (unpaired) electrons. The Morgan fingerprint density at radius 2 is 1.72 bits per heavy atom. The summed E-state index contributed by atoms with van der Waals surface area (Å²) in [6.45, 7) is 6.51. The van der Waals surface area contributed by atoms with Gasteiger partial charge in [0.05, 0.1) is 5.69 Å². The number of H-pyrrole nitrogens is 1. The molecule has 5 rings (SSSR count). The van der Waals surface area contributed by atoms with Gasteiger partial charge in [0.25, 0.3) is 5.56 Å². The number of aromatic amines is 1. The molecule has 8 heteroatoms. The van der Waals surface area contributed by atoms with Crippen molar-refractivity contribution in [2.24, 2.45) is 0 Å². The number of benzene rings is 2. The molecule has 1 N–H and O–H groups in total. The van der Waals surface area contributed by atoms with E-state index in [0.717, 1.165) is 65.5 Å². The fourth-order valence-electron chi connectivity index (χ4n) is 4.18. The summed E-state index contributed by atoms with van der Waals surface area (Å²) >= 11 is 3.45. The normalized spacial score (nSPS) is 15.9. The first-order chi connectivity index (χ1) is 15.5. The van der Waals surface area contributed by atoms with E-state index >= 15 is 0 Å². The minimum Gasteiger partial charge on any atom is -0.454 e. The van der Waals surface area contributed by atoms with E-state index in [9.17, 15) is 4.79 Å². The Kier molecular flexibility index (Phi) is 5.89. The van der Waals surface area contributed by atoms with Crippen LogP contribution in [0.3, 0.4) is 0 Å². The van der Waals surface area contributed by atoms with Crippen molar-refractivity contribution in [3.63, 3.8) is 0 Å². The molecule has 2 aliphatic rings. The summed E-state index contributed by atoms with van der Waals surface area (Å²) in [4.78, 5) is 25.1. The van der Waals surface area contributed by atoms with Gasteiger partial charge in [-0.05, 0) is 42.3 Å². The van der Waals surface area contributed by atoms with Crippen molar-refractivity contribution < 1.29 is 9.47 Å². The second kappa shape index (κ2) is 8.96. The van der Waals surface area contributed by atoms with Crippen LogP contribution in [-0.2, 0) is 13.0 Å². The highest BCUT2D eigenvalue weighted by Crippen LogP contribution is 2.32. The Hall–Kier alpha value is -2.84. The lowest BCUT2D eigenvalue weighted by atomic mass is 10.1. The van der Waals surface area contributed by atoms with E-state index < -0.39 is 0 Å². The minimum absolute atomic E-state index is 0.0572. The first-order valence-corrected chi connectivity index (χ1v) is 11.5. The molecule has 166 valence electrons. The zero-order chi connectivity index (χ0) is 22.1. The molecule has 2 aliphatic heterocycles. The van der Waals surface area contributed by atoms with E-state index in [1.165, 1.54) is 5.56 Å². The first kappa shape index (κ1) is 21.0. The molecule has 0 saturated carbocycles. The van der Waals surface area contributed by atoms with Crippen molar-refractivity contribution in [1.82, 2.24) is 14.9 Å². The van der Waals surface area contributed by atoms with Gasteiger partial charge >= 0.3 is 0 Å². The van der Waals surface area contributed by atoms with Gasteiger partial charge in [0.1, 0.15) is 0 Å². The van der Waals surface area contributed by atoms with E-state index in [4.69, 9.17) is 14.5 Å². The van der Waals surface area contributed by atoms with Gasteiger partial charge in [0.15, 0.2) is 11.5 Å². The summed E-state index contributed by atoms with van der Waals surface area (Å²) in [6, 6.07) is 14.1. The van der Waals surface area contributed by atoms with Crippen LogP contribution < -0.4 is 19.9 Å². The molecule has 0 bridgehead atoms. The Morgan fingerprint density at radius 1 is 1.00 bits per heavy atom. The van der Waals surface area contributed by atoms with Gasteiger partial charge in [0.2, 0.25) is 12.7 Å². The van der Waals surface area contributed by atoms with Crippen LogP contribution in [0.15, 0.2) is 51.7 Å². The van der Waals surface area contributed by atoms with Crippen molar-refractivity contribution in [3.8, 4) is 11.5 Å². The smallest absolute Gasteiger partial charge is 0.256 e. The van der Waals surface area contributed by atoms with Crippen molar-refractivity contribution in [2.45, 2.75) is 19.9 Å². The van der Waals surface area contributed by atoms with Gasteiger partial charge in [0, 0.05) is 49.2 Å². The lowest BCUT2D eigenvalue weighted by Crippen LogP contribution is -2.47. The maximum Gasteiger partial charge on any atom is 0.256 e. The van der Waals surface area contributed by atoms with Crippen molar-refractivity contribution >= 4 is 21.9 Å². The van der Waals surface area contributed by atoms with Crippen LogP contribution >= 0.6 is 15.9 Å². The number of anilines is 1. The Morgan fingerprint density at radius 3 is 2.47 bits per heavy atom. The maximum atomic E-state index is 12.8. The maximum absolute atomic E-state index is 12.8. The van der Waals surface area contributed by atoms with Crippen molar-refractivity contribution in [1.29, 1.82) is 0 Å². The monoisotopic (exact) mass is 496 g/mol. The Balaban J connectivity index is 1.22. The highest BCUT2D eigenvalue weighted by molar-refractivity contribution is 9.10. The molecule has 32 heavy (non-hydrogen) atoms. The molecule has 3 aromatic rings. The topological polar surface area (TPSA) is 70.7 Å². The molecule has 0 unspecified atom stereocenters. The summed E-state index contributed by atoms with van der Waals surface area (Å²) in [7, 11) is 0. The number of nitrogens with zero attached hydrogens (tertiary/aromatic N) is 3. The number of fused-ring (bicyclic) bond motifs is 1. The number of aryl methyl sites for hydroxylation is 1. The molecule has 0 aliphatic carbocycles. The highest BCUT2D eigenvalue weighted by Gasteiger charge is 2.21. The van der Waals surface area contributed by atoms with Crippen LogP contribution in [0, 0.1) is 6.92 Å². The van der Waals surface area contributed by atoms with E-state index in [1.807, 2.05) is 37.3 Å². The SMILES string of the molecule is Cc1nc(N2CCN(Cc3ccc4c(c3)OCO4)CC2)[nH]c(=O)c1Cc1ccc(Br)cc1. The largest absolute Gasteiger partial charge is 0.454 e. The standard InChI is InChI=1S/C24H25BrN4O3/c1-16-20(12-17-2-5-19(25)6-3-17)23(30)27-24(26-16)29-10-8-28(9-11-29)14-18-4-7-21-22(13-18)32-15-31-21/h2-7,13H,8-12,14-15H2,1H3,(H,26,27,30). The average Bonchev–Trinajstić information content (AvgIpc) is 3.26. The minimum atomic E-state index is -0.0572. The van der Waals surface area contributed by atoms with Gasteiger partial charge in [-0.25, -0.2) is 4.98 Å². The van der Waals surface area contributed by atoms with Gasteiger partial charge < -0.3 is 14.4 Å². The number of piperazine rings is 1. The van der Waals surface area contributed by atoms with E-state index in [1.54, 1.807) is 0 Å². The lowest BCUT2D eigenvalue weighted by molar-refractivity contribution is 0.174. The van der Waals surface area contributed by atoms with Crippen molar-refractivity contribution in [3.05, 3.63) is 79.7 Å². The Labute approximate surface area is 195 Å². The molecule has 3 heterocycles. The third kappa shape index (κ3) is 4.52. The molecule has 2 aromatic carbocycles. The number of nitrogens with one attached hydrogen (secondary N) is 1. The second-order valence-electron chi connectivity index (χ2n) is 8.21. The molecule has 1 fully saturated rings. The summed E-state index contributed by atoms with van der Waals surface area (Å²) in [5, 5.41) is 0. The molecule has 1 saturated heterocycles. The number of aromatic nitrogens is 2. The number of hydrogen-bond donors (Lipinski definition) is 1. The van der Waals surface area contributed by atoms with Crippen molar-refractivity contribution in [2.75, 3.05) is 37.9 Å². The van der Waals surface area contributed by atoms with Crippen LogP contribution in [-0.4, -0.2) is 47.8 Å². The van der Waals surface area contributed by atoms with Crippen LogP contribution in [0.2, 0.25) is 0 Å². The van der Waals surface area contributed by atoms with Crippen LogP contribution in [0.4, 0.5) is 5.95 Å². The number of hydrogen-bond acceptors (Lipinski definition) is 6. The van der Waals surface area contributed by atoms with E-state index in [2.05, 4.69) is 42.8 Å². The first-order valence-electron chi connectivity index (χ1n) is 10.8. The average molecular weight is 497 g/mol. The summed E-state index contributed by atoms with van der Waals surface area (Å²) < 4.78 is 11.9. The van der Waals surface area contributed by atoms with Gasteiger partial charge in [-0.3, -0.25) is 14.7 Å². The summed E-state index contributed by atoms with van der Waals surface area (Å²) in [6.07, 6.45) is 0.574. The lowest BCUT2D eigenvalue weighted by Gasteiger charge is -2.35. The summed E-state index contributed by atoms with van der Waals surface area (Å²) in [5.41, 5.74) is 3.75. The van der Waals surface area contributed by atoms with E-state index in [0.29, 0.717) is 19.2 Å². The van der Waals surface area contributed by atoms with Gasteiger partial charge in [-0.15, -0.1) is 0 Å². The molecule has 0 atom stereocenters. The third-order valence-electron chi connectivity index (χ3n) is 6.02. The van der Waals surface area contributed by atoms with E-state index in [-0.39, 0.29) is 5.56 Å². The predicted octanol–water partition coefficient (Wildman–Crippen LogP) is 3.48. The van der Waals surface area contributed by atoms with Crippen LogP contribution in [0.1, 0.15) is 22.4 Å². The van der Waals surface area contributed by atoms with Crippen LogP contribution in [0.5, 0.6) is 11.5 Å². The highest BCUT2D eigenvalue weighted by atomic mass is 79.9. The van der Waals surface area contributed by atoms with Crippen LogP contribution in [0.25, 0.3) is 0 Å². The molecule has 0 amide bonds. The zero-order valence-corrected chi connectivity index (χ0v) is 19.5. The second-order valence-corrected chi connectivity index (χ2v) is 9.12. The zero-order valence-electron chi connectivity index (χ0n) is 17.9. The Bertz CT molecular complexity index is 1170. The number of rotatable bonds is 5. The molecular weight excluding hydrogens is 472 g/mol. The number of ether oxygens (including phenoxy) is 2. The van der Waals surface area contributed by atoms with Gasteiger partial charge in [-0.2, -0.15) is 0 Å². The molecular formula is C24H25BrN4O3. The fourth-order valence-corrected chi connectivity index (χ4v) is 4.44. The molecule has 7 nitrogen and oxygen atoms in total. The quantitative estimate of drug-likeness (QED) is 0.582. The predicted molar refractivity (Wildman–Crippen MR) is 127 cm³/mol. The molecule has 0 spiro atoms. The molecule has 1 aromatic heterocycles. The van der Waals surface area contributed by atoms with Gasteiger partial charge in [-0.1, -0.05) is 34.1 Å².